The van der Waals surface area contributed by atoms with Crippen LogP contribution in [0.25, 0.3) is 0 Å². The third-order valence-corrected chi connectivity index (χ3v) is 4.58. The first-order valence-electron chi connectivity index (χ1n) is 8.19. The van der Waals surface area contributed by atoms with Crippen LogP contribution in [0, 0.1) is 11.8 Å². The van der Waals surface area contributed by atoms with Gasteiger partial charge in [0.25, 0.3) is 0 Å². The number of likely N-dealkylation sites (tertiary alicyclic amines) is 1. The van der Waals surface area contributed by atoms with E-state index in [1.54, 1.807) is 0 Å². The Balaban J connectivity index is 2.26. The number of carbonyl (C=O) groups excluding carboxylic acids is 1. The Morgan fingerprint density at radius 1 is 1.21 bits per heavy atom. The van der Waals surface area contributed by atoms with E-state index in [0.717, 1.165) is 44.8 Å². The molecule has 0 radical (unpaired) electrons. The van der Waals surface area contributed by atoms with Gasteiger partial charge in [-0.2, -0.15) is 0 Å². The van der Waals surface area contributed by atoms with Gasteiger partial charge in [-0.3, -0.25) is 4.79 Å². The van der Waals surface area contributed by atoms with Crippen molar-refractivity contribution in [1.29, 1.82) is 0 Å². The van der Waals surface area contributed by atoms with Gasteiger partial charge in [-0.15, -0.1) is 0 Å². The Kier molecular flexibility index (Phi) is 8.11. The molecule has 1 atom stereocenters. The Morgan fingerprint density at radius 3 is 2.42 bits per heavy atom. The van der Waals surface area contributed by atoms with Gasteiger partial charge < -0.3 is 10.6 Å². The molecule has 112 valence electrons. The number of amides is 1. The van der Waals surface area contributed by atoms with E-state index in [-0.39, 0.29) is 0 Å². The highest BCUT2D eigenvalue weighted by Gasteiger charge is 2.22. The van der Waals surface area contributed by atoms with Gasteiger partial charge in [-0.25, -0.2) is 0 Å². The lowest BCUT2D eigenvalue weighted by molar-refractivity contribution is -0.132. The van der Waals surface area contributed by atoms with E-state index < -0.39 is 0 Å². The fourth-order valence-electron chi connectivity index (χ4n) is 3.15. The first kappa shape index (κ1) is 16.5. The number of piperidine rings is 1. The zero-order valence-electron chi connectivity index (χ0n) is 12.9. The molecule has 0 aromatic heterocycles. The lowest BCUT2D eigenvalue weighted by atomic mass is 9.92. The summed E-state index contributed by atoms with van der Waals surface area (Å²) < 4.78 is 0. The largest absolute Gasteiger partial charge is 0.343 e. The summed E-state index contributed by atoms with van der Waals surface area (Å²) in [5, 5.41) is 0. The van der Waals surface area contributed by atoms with Crippen LogP contribution in [0.3, 0.4) is 0 Å². The molecule has 1 saturated heterocycles. The van der Waals surface area contributed by atoms with Crippen LogP contribution < -0.4 is 5.73 Å². The number of rotatable bonds is 8. The van der Waals surface area contributed by atoms with Crippen molar-refractivity contribution in [2.75, 3.05) is 19.6 Å². The molecule has 1 rings (SSSR count). The molecule has 1 fully saturated rings. The second kappa shape index (κ2) is 9.35. The van der Waals surface area contributed by atoms with Gasteiger partial charge in [0.15, 0.2) is 0 Å². The Morgan fingerprint density at radius 2 is 1.89 bits per heavy atom. The average Bonchev–Trinajstić information content (AvgIpc) is 2.45. The average molecular weight is 268 g/mol. The van der Waals surface area contributed by atoms with Gasteiger partial charge >= 0.3 is 0 Å². The number of carbonyl (C=O) groups is 1. The van der Waals surface area contributed by atoms with E-state index >= 15 is 0 Å². The van der Waals surface area contributed by atoms with Crippen molar-refractivity contribution in [3.63, 3.8) is 0 Å². The number of hydrogen-bond acceptors (Lipinski definition) is 2. The van der Waals surface area contributed by atoms with Crippen molar-refractivity contribution < 1.29 is 4.79 Å². The van der Waals surface area contributed by atoms with E-state index in [4.69, 9.17) is 5.73 Å². The molecule has 3 heteroatoms. The quantitative estimate of drug-likeness (QED) is 0.735. The molecule has 1 heterocycles. The number of nitrogens with two attached hydrogens (primary N) is 1. The fourth-order valence-corrected chi connectivity index (χ4v) is 3.15. The fraction of sp³-hybridized carbons (Fsp3) is 0.938. The standard InChI is InChI=1S/C16H32N2O/c1-3-5-15(8-11-17)6-7-16(19)18-12-9-14(4-2)10-13-18/h14-15H,3-13,17H2,1-2H3. The van der Waals surface area contributed by atoms with Gasteiger partial charge in [-0.05, 0) is 44.1 Å². The summed E-state index contributed by atoms with van der Waals surface area (Å²) in [6.07, 6.45) is 8.88. The molecule has 0 bridgehead atoms. The lowest BCUT2D eigenvalue weighted by Gasteiger charge is -2.32. The molecule has 0 saturated carbocycles. The molecule has 1 aliphatic heterocycles. The smallest absolute Gasteiger partial charge is 0.222 e. The predicted molar refractivity (Wildman–Crippen MR) is 80.9 cm³/mol. The molecular formula is C16H32N2O. The zero-order chi connectivity index (χ0) is 14.1. The second-order valence-electron chi connectivity index (χ2n) is 6.00. The van der Waals surface area contributed by atoms with E-state index in [2.05, 4.69) is 18.7 Å². The highest BCUT2D eigenvalue weighted by atomic mass is 16.2. The minimum Gasteiger partial charge on any atom is -0.343 e. The molecule has 0 aromatic rings. The SMILES string of the molecule is CCCC(CCN)CCC(=O)N1CCC(CC)CC1. The van der Waals surface area contributed by atoms with Crippen molar-refractivity contribution in [2.45, 2.75) is 65.2 Å². The van der Waals surface area contributed by atoms with Gasteiger partial charge in [0, 0.05) is 19.5 Å². The molecule has 3 nitrogen and oxygen atoms in total. The third-order valence-electron chi connectivity index (χ3n) is 4.58. The van der Waals surface area contributed by atoms with Crippen LogP contribution in [0.15, 0.2) is 0 Å². The molecular weight excluding hydrogens is 236 g/mol. The highest BCUT2D eigenvalue weighted by molar-refractivity contribution is 5.76. The minimum atomic E-state index is 0.368. The first-order valence-corrected chi connectivity index (χ1v) is 8.19. The van der Waals surface area contributed by atoms with Crippen molar-refractivity contribution in [3.8, 4) is 0 Å². The van der Waals surface area contributed by atoms with Crippen molar-refractivity contribution in [2.24, 2.45) is 17.6 Å². The number of nitrogens with zero attached hydrogens (tertiary/aromatic N) is 1. The van der Waals surface area contributed by atoms with E-state index in [1.807, 2.05) is 0 Å². The van der Waals surface area contributed by atoms with Gasteiger partial charge in [0.1, 0.15) is 0 Å². The minimum absolute atomic E-state index is 0.368. The zero-order valence-corrected chi connectivity index (χ0v) is 12.9. The van der Waals surface area contributed by atoms with E-state index in [1.165, 1.54) is 32.1 Å². The summed E-state index contributed by atoms with van der Waals surface area (Å²) in [6, 6.07) is 0. The van der Waals surface area contributed by atoms with Crippen LogP contribution in [0.4, 0.5) is 0 Å². The molecule has 1 amide bonds. The maximum atomic E-state index is 12.2. The van der Waals surface area contributed by atoms with Gasteiger partial charge in [0.05, 0.1) is 0 Å². The summed E-state index contributed by atoms with van der Waals surface area (Å²) in [7, 11) is 0. The maximum absolute atomic E-state index is 12.2. The topological polar surface area (TPSA) is 46.3 Å². The van der Waals surface area contributed by atoms with Gasteiger partial charge in [-0.1, -0.05) is 33.1 Å². The summed E-state index contributed by atoms with van der Waals surface area (Å²) in [5.41, 5.74) is 5.64. The van der Waals surface area contributed by atoms with Crippen LogP contribution in [-0.4, -0.2) is 30.4 Å². The lowest BCUT2D eigenvalue weighted by Crippen LogP contribution is -2.38. The van der Waals surface area contributed by atoms with Crippen molar-refractivity contribution in [3.05, 3.63) is 0 Å². The molecule has 2 N–H and O–H groups in total. The highest BCUT2D eigenvalue weighted by Crippen LogP contribution is 2.22. The van der Waals surface area contributed by atoms with Crippen molar-refractivity contribution in [1.82, 2.24) is 4.90 Å². The van der Waals surface area contributed by atoms with Crippen LogP contribution in [0.1, 0.15) is 65.2 Å². The normalized spacial score (nSPS) is 18.6. The summed E-state index contributed by atoms with van der Waals surface area (Å²) >= 11 is 0. The summed E-state index contributed by atoms with van der Waals surface area (Å²) in [4.78, 5) is 14.3. The Labute approximate surface area is 118 Å². The van der Waals surface area contributed by atoms with Crippen molar-refractivity contribution >= 4 is 5.91 Å². The van der Waals surface area contributed by atoms with E-state index in [9.17, 15) is 4.79 Å². The Hall–Kier alpha value is -0.570. The molecule has 19 heavy (non-hydrogen) atoms. The number of hydrogen-bond donors (Lipinski definition) is 1. The van der Waals surface area contributed by atoms with E-state index in [0.29, 0.717) is 11.8 Å². The molecule has 1 aliphatic rings. The molecule has 1 unspecified atom stereocenters. The van der Waals surface area contributed by atoms with Gasteiger partial charge in [0.2, 0.25) is 5.91 Å². The van der Waals surface area contributed by atoms with Crippen LogP contribution in [-0.2, 0) is 4.79 Å². The summed E-state index contributed by atoms with van der Waals surface area (Å²) in [6.45, 7) is 7.17. The monoisotopic (exact) mass is 268 g/mol. The first-order chi connectivity index (χ1) is 9.21. The van der Waals surface area contributed by atoms with Crippen LogP contribution >= 0.6 is 0 Å². The second-order valence-corrected chi connectivity index (χ2v) is 6.00. The van der Waals surface area contributed by atoms with Crippen LogP contribution in [0.2, 0.25) is 0 Å². The summed E-state index contributed by atoms with van der Waals surface area (Å²) in [5.74, 6) is 1.86. The maximum Gasteiger partial charge on any atom is 0.222 e. The van der Waals surface area contributed by atoms with Crippen LogP contribution in [0.5, 0.6) is 0 Å². The molecule has 0 aromatic carbocycles. The Bertz CT molecular complexity index is 241. The molecule has 0 aliphatic carbocycles. The molecule has 0 spiro atoms. The predicted octanol–water partition coefficient (Wildman–Crippen LogP) is 3.18. The third kappa shape index (κ3) is 5.94.